The molecule has 8 nitrogen and oxygen atoms in total. The van der Waals surface area contributed by atoms with E-state index in [2.05, 4.69) is 34.1 Å². The van der Waals surface area contributed by atoms with Gasteiger partial charge in [0.1, 0.15) is 11.5 Å². The van der Waals surface area contributed by atoms with E-state index in [0.717, 1.165) is 32.7 Å². The molecule has 2 aliphatic heterocycles. The molecule has 0 bridgehead atoms. The Balaban J connectivity index is 1.33. The number of nitro groups is 1. The molecule has 1 saturated heterocycles. The van der Waals surface area contributed by atoms with Crippen LogP contribution in [0.25, 0.3) is 6.08 Å². The van der Waals surface area contributed by atoms with E-state index < -0.39 is 4.92 Å². The van der Waals surface area contributed by atoms with Crippen molar-refractivity contribution in [3.05, 3.63) is 104 Å². The van der Waals surface area contributed by atoms with E-state index in [9.17, 15) is 20.0 Å². The number of ketones is 1. The average Bonchev–Trinajstić information content (AvgIpc) is 3.19. The molecule has 2 aliphatic rings. The molecule has 2 heterocycles. The number of aryl methyl sites for hydroxylation is 1. The normalized spacial score (nSPS) is 17.2. The molecule has 36 heavy (non-hydrogen) atoms. The third kappa shape index (κ3) is 4.86. The highest BCUT2D eigenvalue weighted by molar-refractivity contribution is 6.15. The Kier molecular flexibility index (Phi) is 6.54. The fourth-order valence-corrected chi connectivity index (χ4v) is 4.78. The molecule has 0 spiro atoms. The first-order chi connectivity index (χ1) is 17.4. The van der Waals surface area contributed by atoms with Gasteiger partial charge in [-0.05, 0) is 35.8 Å². The molecule has 1 N–H and O–H groups in total. The van der Waals surface area contributed by atoms with Gasteiger partial charge in [-0.2, -0.15) is 0 Å². The lowest BCUT2D eigenvalue weighted by molar-refractivity contribution is -0.384. The number of fused-ring (bicyclic) bond motifs is 1. The number of rotatable bonds is 6. The van der Waals surface area contributed by atoms with Gasteiger partial charge in [0.05, 0.1) is 16.1 Å². The zero-order valence-electron chi connectivity index (χ0n) is 20.0. The van der Waals surface area contributed by atoms with Gasteiger partial charge in [0, 0.05) is 51.4 Å². The number of benzene rings is 3. The van der Waals surface area contributed by atoms with Crippen LogP contribution < -0.4 is 4.74 Å². The summed E-state index contributed by atoms with van der Waals surface area (Å²) >= 11 is 0. The van der Waals surface area contributed by atoms with Gasteiger partial charge in [0.2, 0.25) is 5.78 Å². The Morgan fingerprint density at radius 2 is 1.69 bits per heavy atom. The van der Waals surface area contributed by atoms with Crippen LogP contribution in [-0.4, -0.2) is 51.8 Å². The molecule has 184 valence electrons. The van der Waals surface area contributed by atoms with Crippen molar-refractivity contribution in [2.45, 2.75) is 20.0 Å². The number of carbonyl (C=O) groups is 1. The Morgan fingerprint density at radius 1 is 1.00 bits per heavy atom. The van der Waals surface area contributed by atoms with Crippen molar-refractivity contribution in [2.75, 3.05) is 26.2 Å². The fraction of sp³-hybridized carbons (Fsp3) is 0.250. The van der Waals surface area contributed by atoms with Gasteiger partial charge in [-0.15, -0.1) is 0 Å². The smallest absolute Gasteiger partial charge is 0.270 e. The summed E-state index contributed by atoms with van der Waals surface area (Å²) in [6, 6.07) is 18.0. The second-order valence-electron chi connectivity index (χ2n) is 9.23. The van der Waals surface area contributed by atoms with Crippen molar-refractivity contribution < 1.29 is 19.6 Å². The first-order valence-corrected chi connectivity index (χ1v) is 11.9. The number of hydrogen-bond acceptors (Lipinski definition) is 7. The molecule has 0 aromatic heterocycles. The summed E-state index contributed by atoms with van der Waals surface area (Å²) in [5.41, 5.74) is 3.37. The van der Waals surface area contributed by atoms with Gasteiger partial charge < -0.3 is 9.84 Å². The fourth-order valence-electron chi connectivity index (χ4n) is 4.78. The molecule has 0 atom stereocenters. The average molecular weight is 486 g/mol. The molecule has 3 aromatic carbocycles. The number of nitro benzene ring substituents is 1. The molecule has 5 rings (SSSR count). The lowest BCUT2D eigenvalue weighted by Crippen LogP contribution is -2.45. The molecule has 0 amide bonds. The molecule has 0 saturated carbocycles. The highest BCUT2D eigenvalue weighted by atomic mass is 16.6. The van der Waals surface area contributed by atoms with Gasteiger partial charge in [0.15, 0.2) is 5.76 Å². The highest BCUT2D eigenvalue weighted by Crippen LogP contribution is 2.42. The number of allylic oxidation sites excluding steroid dienone is 1. The Morgan fingerprint density at radius 3 is 2.39 bits per heavy atom. The summed E-state index contributed by atoms with van der Waals surface area (Å²) in [6.45, 7) is 6.61. The summed E-state index contributed by atoms with van der Waals surface area (Å²) < 4.78 is 6.00. The van der Waals surface area contributed by atoms with Crippen molar-refractivity contribution in [1.82, 2.24) is 9.80 Å². The van der Waals surface area contributed by atoms with Crippen molar-refractivity contribution >= 4 is 17.5 Å². The maximum Gasteiger partial charge on any atom is 0.270 e. The van der Waals surface area contributed by atoms with Crippen molar-refractivity contribution in [3.8, 4) is 11.5 Å². The first kappa shape index (κ1) is 23.7. The molecule has 3 aromatic rings. The van der Waals surface area contributed by atoms with Gasteiger partial charge in [-0.1, -0.05) is 42.5 Å². The van der Waals surface area contributed by atoms with Crippen LogP contribution in [0.3, 0.4) is 0 Å². The first-order valence-electron chi connectivity index (χ1n) is 11.9. The van der Waals surface area contributed by atoms with Crippen LogP contribution >= 0.6 is 0 Å². The second-order valence-corrected chi connectivity index (χ2v) is 9.23. The van der Waals surface area contributed by atoms with E-state index in [-0.39, 0.29) is 23.0 Å². The standard InChI is InChI=1S/C28H27N3O5/c1-19-14-24(32)23(18-30-12-10-29(11-13-30)17-20-6-3-2-4-7-20)28-26(19)27(33)25(36-28)16-21-8-5-9-22(15-21)31(34)35/h2-9,14-16,32H,10-13,17-18H2,1H3/b25-16-. The minimum atomic E-state index is -0.478. The molecule has 8 heteroatoms. The number of phenols is 1. The molecular weight excluding hydrogens is 458 g/mol. The van der Waals surface area contributed by atoms with Crippen molar-refractivity contribution in [1.29, 1.82) is 0 Å². The van der Waals surface area contributed by atoms with E-state index in [0.29, 0.717) is 34.5 Å². The van der Waals surface area contributed by atoms with E-state index in [4.69, 9.17) is 4.74 Å². The van der Waals surface area contributed by atoms with Crippen molar-refractivity contribution in [2.24, 2.45) is 0 Å². The summed E-state index contributed by atoms with van der Waals surface area (Å²) in [5, 5.41) is 21.9. The predicted molar refractivity (Wildman–Crippen MR) is 136 cm³/mol. The van der Waals surface area contributed by atoms with Crippen LogP contribution in [0.1, 0.15) is 32.6 Å². The molecule has 1 fully saturated rings. The van der Waals surface area contributed by atoms with E-state index in [1.54, 1.807) is 25.1 Å². The van der Waals surface area contributed by atoms with Gasteiger partial charge in [-0.25, -0.2) is 0 Å². The van der Waals surface area contributed by atoms with Crippen LogP contribution in [0.15, 0.2) is 66.4 Å². The monoisotopic (exact) mass is 485 g/mol. The molecule has 0 radical (unpaired) electrons. The maximum atomic E-state index is 13.2. The highest BCUT2D eigenvalue weighted by Gasteiger charge is 2.34. The summed E-state index contributed by atoms with van der Waals surface area (Å²) in [4.78, 5) is 28.5. The molecule has 0 unspecified atom stereocenters. The number of piperazine rings is 1. The number of ether oxygens (including phenoxy) is 1. The second kappa shape index (κ2) is 9.93. The minimum Gasteiger partial charge on any atom is -0.507 e. The van der Waals surface area contributed by atoms with Crippen LogP contribution in [0.2, 0.25) is 0 Å². The predicted octanol–water partition coefficient (Wildman–Crippen LogP) is 4.54. The zero-order valence-corrected chi connectivity index (χ0v) is 20.0. The molecule has 0 aliphatic carbocycles. The van der Waals surface area contributed by atoms with Gasteiger partial charge >= 0.3 is 0 Å². The van der Waals surface area contributed by atoms with Crippen LogP contribution in [0.5, 0.6) is 11.5 Å². The van der Waals surface area contributed by atoms with Crippen LogP contribution in [0, 0.1) is 17.0 Å². The van der Waals surface area contributed by atoms with E-state index in [1.165, 1.54) is 23.8 Å². The number of Topliss-reactive ketones (excluding diaryl/α,β-unsaturated/α-hetero) is 1. The van der Waals surface area contributed by atoms with E-state index in [1.807, 2.05) is 6.07 Å². The minimum absolute atomic E-state index is 0.0618. The molecular formula is C28H27N3O5. The maximum absolute atomic E-state index is 13.2. The zero-order chi connectivity index (χ0) is 25.2. The number of hydrogen-bond donors (Lipinski definition) is 1. The topological polar surface area (TPSA) is 96.2 Å². The lowest BCUT2D eigenvalue weighted by Gasteiger charge is -2.35. The summed E-state index contributed by atoms with van der Waals surface area (Å²) in [6.07, 6.45) is 1.51. The van der Waals surface area contributed by atoms with Gasteiger partial charge in [0.25, 0.3) is 5.69 Å². The lowest BCUT2D eigenvalue weighted by atomic mass is 9.99. The number of phenolic OH excluding ortho intramolecular Hbond substituents is 1. The summed E-state index contributed by atoms with van der Waals surface area (Å²) in [5.74, 6) is 0.277. The number of aromatic hydroxyl groups is 1. The SMILES string of the molecule is Cc1cc(O)c(CN2CCN(Cc3ccccc3)CC2)c2c1C(=O)/C(=C/c1cccc([N+](=O)[O-])c1)O2. The number of non-ortho nitro benzene ring substituents is 1. The van der Waals surface area contributed by atoms with E-state index >= 15 is 0 Å². The van der Waals surface area contributed by atoms with Crippen LogP contribution in [0.4, 0.5) is 5.69 Å². The number of carbonyl (C=O) groups excluding carboxylic acids is 1. The van der Waals surface area contributed by atoms with Crippen molar-refractivity contribution in [3.63, 3.8) is 0 Å². The quantitative estimate of drug-likeness (QED) is 0.311. The Hall–Kier alpha value is -4.01. The van der Waals surface area contributed by atoms with Crippen LogP contribution in [-0.2, 0) is 13.1 Å². The number of nitrogens with zero attached hydrogens (tertiary/aromatic N) is 3. The van der Waals surface area contributed by atoms with Gasteiger partial charge in [-0.3, -0.25) is 24.7 Å². The Labute approximate surface area is 209 Å². The Bertz CT molecular complexity index is 1340. The third-order valence-electron chi connectivity index (χ3n) is 6.70. The third-order valence-corrected chi connectivity index (χ3v) is 6.70. The largest absolute Gasteiger partial charge is 0.507 e. The summed E-state index contributed by atoms with van der Waals surface area (Å²) in [7, 11) is 0.